The van der Waals surface area contributed by atoms with Crippen LogP contribution in [0.1, 0.15) is 0 Å². The summed E-state index contributed by atoms with van der Waals surface area (Å²) in [7, 11) is 0. The van der Waals surface area contributed by atoms with Crippen molar-refractivity contribution in [2.24, 2.45) is 0 Å². The number of rotatable bonds is 5. The van der Waals surface area contributed by atoms with Gasteiger partial charge >= 0.3 is 0 Å². The Balaban J connectivity index is 1.31. The topological polar surface area (TPSA) is 67.6 Å². The fourth-order valence-corrected chi connectivity index (χ4v) is 4.33. The lowest BCUT2D eigenvalue weighted by molar-refractivity contribution is 0.122. The third kappa shape index (κ3) is 3.97. The highest BCUT2D eigenvalue weighted by molar-refractivity contribution is 5.87. The fourth-order valence-electron chi connectivity index (χ4n) is 4.33. The summed E-state index contributed by atoms with van der Waals surface area (Å²) in [4.78, 5) is 11.8. The van der Waals surface area contributed by atoms with E-state index in [-0.39, 0.29) is 0 Å². The maximum atomic E-state index is 5.45. The molecule has 34 heavy (non-hydrogen) atoms. The Morgan fingerprint density at radius 3 is 2.32 bits per heavy atom. The third-order valence-electron chi connectivity index (χ3n) is 6.02. The number of nitrogens with zero attached hydrogens (tertiary/aromatic N) is 5. The Hall–Kier alpha value is -4.23. The van der Waals surface area contributed by atoms with Gasteiger partial charge in [0.2, 0.25) is 5.95 Å². The minimum absolute atomic E-state index is 0.533. The lowest BCUT2D eigenvalue weighted by Crippen LogP contribution is -2.36. The van der Waals surface area contributed by atoms with Gasteiger partial charge in [0.25, 0.3) is 0 Å². The molecule has 1 fully saturated rings. The summed E-state index contributed by atoms with van der Waals surface area (Å²) < 4.78 is 7.22. The molecule has 7 heteroatoms. The van der Waals surface area contributed by atoms with Crippen LogP contribution in [0.3, 0.4) is 0 Å². The Bertz CT molecular complexity index is 1410. The fraction of sp³-hybridized carbons (Fsp3) is 0.148. The summed E-state index contributed by atoms with van der Waals surface area (Å²) in [5, 5.41) is 7.97. The molecule has 0 aliphatic carbocycles. The van der Waals surface area contributed by atoms with Gasteiger partial charge in [-0.25, -0.2) is 4.52 Å². The van der Waals surface area contributed by atoms with E-state index in [9.17, 15) is 0 Å². The average molecular weight is 449 g/mol. The van der Waals surface area contributed by atoms with Crippen molar-refractivity contribution in [2.45, 2.75) is 0 Å². The van der Waals surface area contributed by atoms with E-state index in [1.54, 1.807) is 10.7 Å². The first kappa shape index (κ1) is 20.4. The minimum Gasteiger partial charge on any atom is -0.378 e. The van der Waals surface area contributed by atoms with Crippen LogP contribution in [0.25, 0.3) is 28.0 Å². The first-order valence-electron chi connectivity index (χ1n) is 11.4. The van der Waals surface area contributed by atoms with Crippen LogP contribution in [0.2, 0.25) is 0 Å². The first-order valence-corrected chi connectivity index (χ1v) is 11.4. The summed E-state index contributed by atoms with van der Waals surface area (Å²) >= 11 is 0. The molecule has 168 valence electrons. The smallest absolute Gasteiger partial charge is 0.247 e. The van der Waals surface area contributed by atoms with Crippen molar-refractivity contribution in [3.63, 3.8) is 0 Å². The molecule has 5 aromatic rings. The second kappa shape index (κ2) is 8.96. The zero-order chi connectivity index (χ0) is 22.7. The van der Waals surface area contributed by atoms with Crippen molar-refractivity contribution in [2.75, 3.05) is 36.5 Å². The number of nitrogens with one attached hydrogen (secondary N) is 1. The summed E-state index contributed by atoms with van der Waals surface area (Å²) in [5.74, 6) is 0.533. The molecule has 1 saturated heterocycles. The van der Waals surface area contributed by atoms with Crippen molar-refractivity contribution in [1.82, 2.24) is 19.6 Å². The van der Waals surface area contributed by atoms with E-state index >= 15 is 0 Å². The van der Waals surface area contributed by atoms with Crippen molar-refractivity contribution in [3.8, 4) is 22.4 Å². The van der Waals surface area contributed by atoms with Gasteiger partial charge in [-0.15, -0.1) is 5.10 Å². The lowest BCUT2D eigenvalue weighted by atomic mass is 9.98. The Morgan fingerprint density at radius 1 is 0.794 bits per heavy atom. The minimum atomic E-state index is 0.533. The van der Waals surface area contributed by atoms with Crippen LogP contribution in [0.5, 0.6) is 0 Å². The van der Waals surface area contributed by atoms with E-state index in [1.807, 2.05) is 36.5 Å². The molecule has 3 heterocycles. The number of benzene rings is 3. The third-order valence-corrected chi connectivity index (χ3v) is 6.02. The predicted octanol–water partition coefficient (Wildman–Crippen LogP) is 5.04. The van der Waals surface area contributed by atoms with Crippen LogP contribution in [-0.4, -0.2) is 45.9 Å². The van der Waals surface area contributed by atoms with Crippen LogP contribution in [0, 0.1) is 0 Å². The largest absolute Gasteiger partial charge is 0.378 e. The standard InChI is InChI=1S/C27H24N6O/c1-2-6-20(7-3-1)23-8-4-5-9-24(23)25-26-30-27(31-33(26)15-14-28-25)29-21-10-12-22(13-11-21)32-16-18-34-19-17-32/h1-15H,16-19H2,(H,29,31). The van der Waals surface area contributed by atoms with Crippen molar-refractivity contribution < 1.29 is 4.74 Å². The number of hydrogen-bond donors (Lipinski definition) is 1. The van der Waals surface area contributed by atoms with Gasteiger partial charge in [-0.2, -0.15) is 4.98 Å². The van der Waals surface area contributed by atoms with Gasteiger partial charge in [-0.05, 0) is 35.4 Å². The van der Waals surface area contributed by atoms with E-state index in [0.717, 1.165) is 54.4 Å². The van der Waals surface area contributed by atoms with E-state index in [0.29, 0.717) is 11.6 Å². The SMILES string of the molecule is c1ccc(-c2ccccc2-c2nccn3nc(Nc4ccc(N5CCOCC5)cc4)nc23)cc1. The molecule has 1 N–H and O–H groups in total. The molecular weight excluding hydrogens is 424 g/mol. The number of fused-ring (bicyclic) bond motifs is 1. The van der Waals surface area contributed by atoms with Crippen LogP contribution in [-0.2, 0) is 4.74 Å². The van der Waals surface area contributed by atoms with Crippen LogP contribution >= 0.6 is 0 Å². The first-order chi connectivity index (χ1) is 16.8. The highest BCUT2D eigenvalue weighted by atomic mass is 16.5. The monoisotopic (exact) mass is 448 g/mol. The number of ether oxygens (including phenoxy) is 1. The molecule has 0 unspecified atom stereocenters. The van der Waals surface area contributed by atoms with Crippen LogP contribution in [0.4, 0.5) is 17.3 Å². The van der Waals surface area contributed by atoms with Crippen LogP contribution < -0.4 is 10.2 Å². The summed E-state index contributed by atoms with van der Waals surface area (Å²) in [5.41, 5.74) is 6.91. The Morgan fingerprint density at radius 2 is 1.53 bits per heavy atom. The van der Waals surface area contributed by atoms with Crippen molar-refractivity contribution >= 4 is 23.0 Å². The molecule has 0 amide bonds. The Labute approximate surface area is 197 Å². The normalized spacial score (nSPS) is 13.8. The quantitative estimate of drug-likeness (QED) is 0.406. The summed E-state index contributed by atoms with van der Waals surface area (Å²) in [6.45, 7) is 3.38. The predicted molar refractivity (Wildman–Crippen MR) is 134 cm³/mol. The maximum absolute atomic E-state index is 5.45. The van der Waals surface area contributed by atoms with E-state index < -0.39 is 0 Å². The van der Waals surface area contributed by atoms with Gasteiger partial charge in [0.1, 0.15) is 5.69 Å². The number of hydrogen-bond acceptors (Lipinski definition) is 6. The molecule has 7 nitrogen and oxygen atoms in total. The number of morpholine rings is 1. The molecule has 0 saturated carbocycles. The molecule has 1 aliphatic rings. The molecule has 6 rings (SSSR count). The van der Waals surface area contributed by atoms with E-state index in [4.69, 9.17) is 9.72 Å². The Kier molecular flexibility index (Phi) is 5.37. The molecule has 2 aromatic heterocycles. The number of anilines is 3. The molecular formula is C27H24N6O. The van der Waals surface area contributed by atoms with Gasteiger partial charge in [0.15, 0.2) is 5.65 Å². The van der Waals surface area contributed by atoms with Gasteiger partial charge < -0.3 is 15.0 Å². The zero-order valence-electron chi connectivity index (χ0n) is 18.6. The van der Waals surface area contributed by atoms with Gasteiger partial charge in [0, 0.05) is 42.4 Å². The van der Waals surface area contributed by atoms with Crippen molar-refractivity contribution in [1.29, 1.82) is 0 Å². The second-order valence-electron chi connectivity index (χ2n) is 8.16. The summed E-state index contributed by atoms with van der Waals surface area (Å²) in [6.07, 6.45) is 3.59. The molecule has 1 aliphatic heterocycles. The zero-order valence-corrected chi connectivity index (χ0v) is 18.6. The molecule has 0 spiro atoms. The average Bonchev–Trinajstić information content (AvgIpc) is 3.33. The van der Waals surface area contributed by atoms with Gasteiger partial charge in [-0.1, -0.05) is 54.6 Å². The van der Waals surface area contributed by atoms with E-state index in [2.05, 4.69) is 68.8 Å². The maximum Gasteiger partial charge on any atom is 0.247 e. The van der Waals surface area contributed by atoms with Gasteiger partial charge in [0.05, 0.1) is 13.2 Å². The summed E-state index contributed by atoms with van der Waals surface area (Å²) in [6, 6.07) is 26.9. The molecule has 3 aromatic carbocycles. The number of aromatic nitrogens is 4. The highest BCUT2D eigenvalue weighted by Gasteiger charge is 2.15. The lowest BCUT2D eigenvalue weighted by Gasteiger charge is -2.28. The second-order valence-corrected chi connectivity index (χ2v) is 8.16. The van der Waals surface area contributed by atoms with E-state index in [1.165, 1.54) is 5.69 Å². The molecule has 0 bridgehead atoms. The van der Waals surface area contributed by atoms with Crippen molar-refractivity contribution in [3.05, 3.63) is 91.3 Å². The molecule has 0 atom stereocenters. The van der Waals surface area contributed by atoms with Crippen LogP contribution in [0.15, 0.2) is 91.3 Å². The molecule has 0 radical (unpaired) electrons. The van der Waals surface area contributed by atoms with Gasteiger partial charge in [-0.3, -0.25) is 4.98 Å². The highest BCUT2D eigenvalue weighted by Crippen LogP contribution is 2.33.